The summed E-state index contributed by atoms with van der Waals surface area (Å²) in [6.45, 7) is 5.13. The first-order valence-corrected chi connectivity index (χ1v) is 11.0. The van der Waals surface area contributed by atoms with Gasteiger partial charge in [-0.15, -0.1) is 0 Å². The normalized spacial score (nSPS) is 12.2. The van der Waals surface area contributed by atoms with Gasteiger partial charge in [0.25, 0.3) is 0 Å². The molecule has 2 heterocycles. The van der Waals surface area contributed by atoms with Crippen molar-refractivity contribution in [2.75, 3.05) is 12.3 Å². The van der Waals surface area contributed by atoms with E-state index >= 15 is 0 Å². The number of nitrogens with one attached hydrogen (secondary N) is 1. The van der Waals surface area contributed by atoms with Crippen molar-refractivity contribution in [3.05, 3.63) is 54.2 Å². The second-order valence-electron chi connectivity index (χ2n) is 7.79. The lowest BCUT2D eigenvalue weighted by Gasteiger charge is -2.17. The van der Waals surface area contributed by atoms with Gasteiger partial charge in [-0.25, -0.2) is 28.1 Å². The van der Waals surface area contributed by atoms with Crippen molar-refractivity contribution in [2.45, 2.75) is 37.7 Å². The van der Waals surface area contributed by atoms with E-state index < -0.39 is 21.6 Å². The molecule has 3 aromatic rings. The van der Waals surface area contributed by atoms with Crippen LogP contribution in [-0.2, 0) is 10.0 Å². The number of nitrogen functional groups attached to an aromatic ring is 1. The number of halogens is 1. The molecule has 0 spiro atoms. The van der Waals surface area contributed by atoms with Crippen molar-refractivity contribution in [1.29, 1.82) is 0 Å². The predicted molar refractivity (Wildman–Crippen MR) is 116 cm³/mol. The number of pyridine rings is 1. The maximum atomic E-state index is 13.5. The van der Waals surface area contributed by atoms with Crippen LogP contribution in [0.1, 0.15) is 25.8 Å². The van der Waals surface area contributed by atoms with Gasteiger partial charge in [-0.2, -0.15) is 4.39 Å². The topological polar surface area (TPSA) is 131 Å². The van der Waals surface area contributed by atoms with Crippen LogP contribution < -0.4 is 10.5 Å². The number of nitrogens with zero attached hydrogens (tertiary/aromatic N) is 3. The van der Waals surface area contributed by atoms with E-state index in [4.69, 9.17) is 5.73 Å². The molecule has 2 aromatic heterocycles. The maximum Gasteiger partial charge on any atom is 0.240 e. The molecule has 0 fully saturated rings. The molecule has 4 N–H and O–H groups in total. The first-order valence-electron chi connectivity index (χ1n) is 9.54. The number of rotatable bonds is 7. The minimum absolute atomic E-state index is 0.0546. The van der Waals surface area contributed by atoms with Crippen LogP contribution in [0.25, 0.3) is 22.5 Å². The quantitative estimate of drug-likeness (QED) is 0.477. The largest absolute Gasteiger partial charge is 0.390 e. The Bertz CT molecular complexity index is 1210. The first kappa shape index (κ1) is 22.7. The third kappa shape index (κ3) is 5.60. The molecule has 0 atom stereocenters. The van der Waals surface area contributed by atoms with Gasteiger partial charge in [0.2, 0.25) is 16.0 Å². The standard InChI is InChI=1S/C21H24FN5O3S/c1-13-4-5-15(31(29,30)26-9-7-21(2,3)28)11-16(13)17-12-25-20(23)19(27-17)14-6-8-24-18(22)10-14/h4-6,8,10-12,26,28H,7,9H2,1-3H3,(H2,23,25). The molecule has 0 bridgehead atoms. The molecule has 0 radical (unpaired) electrons. The fourth-order valence-electron chi connectivity index (χ4n) is 2.91. The molecule has 0 aliphatic rings. The van der Waals surface area contributed by atoms with Crippen molar-refractivity contribution in [3.63, 3.8) is 0 Å². The summed E-state index contributed by atoms with van der Waals surface area (Å²) >= 11 is 0. The molecular formula is C21H24FN5O3S. The molecule has 164 valence electrons. The molecule has 3 rings (SSSR count). The summed E-state index contributed by atoms with van der Waals surface area (Å²) in [7, 11) is -3.80. The van der Waals surface area contributed by atoms with E-state index in [1.54, 1.807) is 26.0 Å². The van der Waals surface area contributed by atoms with Crippen molar-refractivity contribution < 1.29 is 17.9 Å². The van der Waals surface area contributed by atoms with Crippen molar-refractivity contribution in [3.8, 4) is 22.5 Å². The molecule has 0 aliphatic heterocycles. The van der Waals surface area contributed by atoms with Crippen LogP contribution in [0.5, 0.6) is 0 Å². The van der Waals surface area contributed by atoms with Crippen LogP contribution in [0, 0.1) is 12.9 Å². The van der Waals surface area contributed by atoms with E-state index in [1.165, 1.54) is 30.6 Å². The second kappa shape index (κ2) is 8.66. The lowest BCUT2D eigenvalue weighted by atomic mass is 10.1. The van der Waals surface area contributed by atoms with Crippen LogP contribution in [0.2, 0.25) is 0 Å². The van der Waals surface area contributed by atoms with Gasteiger partial charge >= 0.3 is 0 Å². The molecule has 0 saturated carbocycles. The van der Waals surface area contributed by atoms with E-state index in [-0.39, 0.29) is 29.4 Å². The highest BCUT2D eigenvalue weighted by Crippen LogP contribution is 2.29. The molecule has 8 nitrogen and oxygen atoms in total. The summed E-state index contributed by atoms with van der Waals surface area (Å²) in [5.74, 6) is -0.561. The van der Waals surface area contributed by atoms with Crippen LogP contribution in [0.15, 0.2) is 47.6 Å². The summed E-state index contributed by atoms with van der Waals surface area (Å²) in [4.78, 5) is 12.2. The van der Waals surface area contributed by atoms with Gasteiger partial charge in [-0.1, -0.05) is 6.07 Å². The van der Waals surface area contributed by atoms with Crippen LogP contribution >= 0.6 is 0 Å². The lowest BCUT2D eigenvalue weighted by Crippen LogP contribution is -2.30. The molecular weight excluding hydrogens is 421 g/mol. The Balaban J connectivity index is 1.98. The van der Waals surface area contributed by atoms with Crippen molar-refractivity contribution >= 4 is 15.8 Å². The second-order valence-corrected chi connectivity index (χ2v) is 9.56. The van der Waals surface area contributed by atoms with Crippen LogP contribution in [-0.4, -0.2) is 40.6 Å². The van der Waals surface area contributed by atoms with E-state index in [9.17, 15) is 17.9 Å². The first-order chi connectivity index (χ1) is 14.5. The zero-order chi connectivity index (χ0) is 22.8. The van der Waals surface area contributed by atoms with Gasteiger partial charge in [0.1, 0.15) is 11.5 Å². The molecule has 10 heteroatoms. The zero-order valence-electron chi connectivity index (χ0n) is 17.4. The fourth-order valence-corrected chi connectivity index (χ4v) is 3.97. The van der Waals surface area contributed by atoms with Gasteiger partial charge in [-0.3, -0.25) is 0 Å². The van der Waals surface area contributed by atoms with Gasteiger partial charge in [0, 0.05) is 29.9 Å². The van der Waals surface area contributed by atoms with Gasteiger partial charge in [0.15, 0.2) is 0 Å². The number of nitrogens with two attached hydrogens (primary N) is 1. The number of benzene rings is 1. The van der Waals surface area contributed by atoms with Crippen molar-refractivity contribution in [2.24, 2.45) is 0 Å². The molecule has 0 saturated heterocycles. The number of aromatic nitrogens is 3. The minimum atomic E-state index is -3.80. The third-order valence-electron chi connectivity index (χ3n) is 4.62. The highest BCUT2D eigenvalue weighted by molar-refractivity contribution is 7.89. The average Bonchev–Trinajstić information content (AvgIpc) is 2.67. The Morgan fingerprint density at radius 3 is 2.61 bits per heavy atom. The molecule has 0 aliphatic carbocycles. The summed E-state index contributed by atoms with van der Waals surface area (Å²) in [5, 5.41) is 9.79. The van der Waals surface area contributed by atoms with Gasteiger partial charge < -0.3 is 10.8 Å². The Labute approximate surface area is 180 Å². The molecule has 31 heavy (non-hydrogen) atoms. The number of aliphatic hydroxyl groups is 1. The minimum Gasteiger partial charge on any atom is -0.390 e. The van der Waals surface area contributed by atoms with E-state index in [0.29, 0.717) is 16.8 Å². The monoisotopic (exact) mass is 445 g/mol. The van der Waals surface area contributed by atoms with Gasteiger partial charge in [-0.05, 0) is 51.0 Å². The van der Waals surface area contributed by atoms with E-state index in [1.807, 2.05) is 6.92 Å². The predicted octanol–water partition coefficient (Wildman–Crippen LogP) is 2.67. The summed E-state index contributed by atoms with van der Waals surface area (Å²) in [6, 6.07) is 7.43. The Hall–Kier alpha value is -2.95. The number of aryl methyl sites for hydroxylation is 1. The number of anilines is 1. The lowest BCUT2D eigenvalue weighted by molar-refractivity contribution is 0.0728. The SMILES string of the molecule is Cc1ccc(S(=O)(=O)NCCC(C)(C)O)cc1-c1cnc(N)c(-c2ccnc(F)c2)n1. The van der Waals surface area contributed by atoms with E-state index in [0.717, 1.165) is 5.56 Å². The third-order valence-corrected chi connectivity index (χ3v) is 6.08. The molecule has 1 aromatic carbocycles. The summed E-state index contributed by atoms with van der Waals surface area (Å²) in [5.41, 5.74) is 7.36. The maximum absolute atomic E-state index is 13.5. The van der Waals surface area contributed by atoms with Crippen LogP contribution in [0.4, 0.5) is 10.2 Å². The van der Waals surface area contributed by atoms with Crippen molar-refractivity contribution in [1.82, 2.24) is 19.7 Å². The Kier molecular flexibility index (Phi) is 6.35. The smallest absolute Gasteiger partial charge is 0.240 e. The number of sulfonamides is 1. The molecule has 0 amide bonds. The molecule has 0 unspecified atom stereocenters. The average molecular weight is 446 g/mol. The van der Waals surface area contributed by atoms with Crippen LogP contribution in [0.3, 0.4) is 0 Å². The highest BCUT2D eigenvalue weighted by Gasteiger charge is 2.19. The van der Waals surface area contributed by atoms with Gasteiger partial charge in [0.05, 0.1) is 22.4 Å². The summed E-state index contributed by atoms with van der Waals surface area (Å²) < 4.78 is 41.4. The fraction of sp³-hybridized carbons (Fsp3) is 0.286. The zero-order valence-corrected chi connectivity index (χ0v) is 18.2. The summed E-state index contributed by atoms with van der Waals surface area (Å²) in [6.07, 6.45) is 3.01. The Morgan fingerprint density at radius 2 is 1.94 bits per heavy atom. The Morgan fingerprint density at radius 1 is 1.19 bits per heavy atom. The highest BCUT2D eigenvalue weighted by atomic mass is 32.2. The number of hydrogen-bond donors (Lipinski definition) is 3. The number of hydrogen-bond acceptors (Lipinski definition) is 7. The van der Waals surface area contributed by atoms with E-state index in [2.05, 4.69) is 19.7 Å².